The number of carbonyl (C=O) groups excluding carboxylic acids is 2. The molecular formula is C39H67N5O6Si. The molecule has 2 heterocycles. The smallest absolute Gasteiger partial charge is 0.420 e. The Hall–Kier alpha value is -3.12. The van der Waals surface area contributed by atoms with E-state index in [9.17, 15) is 9.59 Å². The minimum atomic E-state index is -1.91. The van der Waals surface area contributed by atoms with Crippen LogP contribution in [0.15, 0.2) is 24.4 Å². The molecule has 2 aromatic rings. The van der Waals surface area contributed by atoms with Crippen molar-refractivity contribution in [2.75, 3.05) is 4.90 Å². The molecule has 12 heteroatoms. The van der Waals surface area contributed by atoms with E-state index in [0.717, 1.165) is 25.0 Å². The molecule has 2 amide bonds. The van der Waals surface area contributed by atoms with Gasteiger partial charge in [0.2, 0.25) is 5.88 Å². The normalized spacial score (nSPS) is 18.6. The summed E-state index contributed by atoms with van der Waals surface area (Å²) < 4.78 is 26.4. The minimum Gasteiger partial charge on any atom is -0.475 e. The highest BCUT2D eigenvalue weighted by atomic mass is 28.4. The molecule has 0 bridgehead atoms. The van der Waals surface area contributed by atoms with Crippen LogP contribution >= 0.6 is 0 Å². The average Bonchev–Trinajstić information content (AvgIpc) is 3.57. The van der Waals surface area contributed by atoms with Crippen LogP contribution in [0.25, 0.3) is 0 Å². The van der Waals surface area contributed by atoms with Crippen molar-refractivity contribution in [3.05, 3.63) is 30.1 Å². The van der Waals surface area contributed by atoms with Gasteiger partial charge in [0.05, 0.1) is 23.0 Å². The van der Waals surface area contributed by atoms with Crippen molar-refractivity contribution in [3.8, 4) is 5.88 Å². The van der Waals surface area contributed by atoms with Gasteiger partial charge in [-0.25, -0.2) is 24.2 Å². The molecule has 1 aliphatic rings. The van der Waals surface area contributed by atoms with Gasteiger partial charge in [0.25, 0.3) is 0 Å². The van der Waals surface area contributed by atoms with Crippen molar-refractivity contribution in [2.45, 2.75) is 188 Å². The van der Waals surface area contributed by atoms with Gasteiger partial charge in [0, 0.05) is 36.4 Å². The van der Waals surface area contributed by atoms with E-state index in [-0.39, 0.29) is 29.2 Å². The van der Waals surface area contributed by atoms with Crippen LogP contribution in [0.4, 0.5) is 21.1 Å². The standard InChI is InChI=1S/C39H67N5O6Si/c1-26(41-34(45)48-37(6,7)8)17-18-27(2)47-32-24-29(21-22-40-32)43(35(46)49-38(9,10)11)33-25-31(42-44(33)36(3,4)5)28-19-20-30(23-28)50-51(15,16)39(12,13)14/h21-22,24-28,30H,17-20,23H2,1-16H3,(H,41,45)/t26-,27-,28-,30+/m0/s1. The first-order chi connectivity index (χ1) is 23.1. The predicted molar refractivity (Wildman–Crippen MR) is 207 cm³/mol. The number of anilines is 2. The monoisotopic (exact) mass is 729 g/mol. The van der Waals surface area contributed by atoms with Gasteiger partial charge in [-0.2, -0.15) is 5.10 Å². The maximum atomic E-state index is 14.1. The number of hydrogen-bond donors (Lipinski definition) is 1. The summed E-state index contributed by atoms with van der Waals surface area (Å²) in [4.78, 5) is 32.4. The van der Waals surface area contributed by atoms with Crippen LogP contribution in [0.3, 0.4) is 0 Å². The first-order valence-corrected chi connectivity index (χ1v) is 21.5. The summed E-state index contributed by atoms with van der Waals surface area (Å²) in [5, 5.41) is 8.18. The summed E-state index contributed by atoms with van der Waals surface area (Å²) >= 11 is 0. The van der Waals surface area contributed by atoms with Gasteiger partial charge in [-0.1, -0.05) is 20.8 Å². The van der Waals surface area contributed by atoms with E-state index in [2.05, 4.69) is 64.9 Å². The second kappa shape index (κ2) is 15.9. The SMILES string of the molecule is C[C@@H](CC[C@H](C)Oc1cc(N(C(=O)OC(C)(C)C)c2cc([C@H]3CC[C@@H](O[Si](C)(C)C(C)(C)C)C3)nn2C(C)(C)C)ccn1)NC(=O)OC(C)(C)C. The van der Waals surface area contributed by atoms with E-state index >= 15 is 0 Å². The Kier molecular flexibility index (Phi) is 13.1. The third-order valence-electron chi connectivity index (χ3n) is 9.29. The number of nitrogens with zero attached hydrogens (tertiary/aromatic N) is 4. The number of carbonyl (C=O) groups is 2. The quantitative estimate of drug-likeness (QED) is 0.227. The average molecular weight is 730 g/mol. The largest absolute Gasteiger partial charge is 0.475 e. The third-order valence-corrected chi connectivity index (χ3v) is 13.8. The van der Waals surface area contributed by atoms with E-state index < -0.39 is 37.2 Å². The van der Waals surface area contributed by atoms with E-state index in [4.69, 9.17) is 23.7 Å². The summed E-state index contributed by atoms with van der Waals surface area (Å²) in [6, 6.07) is 5.48. The van der Waals surface area contributed by atoms with Crippen LogP contribution in [-0.4, -0.2) is 64.7 Å². The van der Waals surface area contributed by atoms with Gasteiger partial charge in [-0.15, -0.1) is 0 Å². The number of amides is 2. The zero-order valence-electron chi connectivity index (χ0n) is 34.4. The maximum Gasteiger partial charge on any atom is 0.420 e. The molecule has 1 fully saturated rings. The Morgan fingerprint density at radius 1 is 0.941 bits per heavy atom. The molecule has 0 unspecified atom stereocenters. The lowest BCUT2D eigenvalue weighted by molar-refractivity contribution is 0.0500. The van der Waals surface area contributed by atoms with E-state index in [1.165, 1.54) is 0 Å². The molecule has 11 nitrogen and oxygen atoms in total. The molecule has 3 rings (SSSR count). The fraction of sp³-hybridized carbons (Fsp3) is 0.744. The molecule has 0 aliphatic heterocycles. The summed E-state index contributed by atoms with van der Waals surface area (Å²) in [6.45, 7) is 32.7. The lowest BCUT2D eigenvalue weighted by atomic mass is 10.0. The Morgan fingerprint density at radius 3 is 2.14 bits per heavy atom. The van der Waals surface area contributed by atoms with Crippen LogP contribution in [0.2, 0.25) is 18.1 Å². The summed E-state index contributed by atoms with van der Waals surface area (Å²) in [5.41, 5.74) is -0.217. The summed E-state index contributed by atoms with van der Waals surface area (Å²) in [7, 11) is -1.91. The van der Waals surface area contributed by atoms with Crippen molar-refractivity contribution in [2.24, 2.45) is 0 Å². The molecule has 4 atom stereocenters. The number of rotatable bonds is 11. The lowest BCUT2D eigenvalue weighted by Gasteiger charge is -2.38. The highest BCUT2D eigenvalue weighted by Crippen LogP contribution is 2.44. The first-order valence-electron chi connectivity index (χ1n) is 18.6. The number of pyridine rings is 1. The lowest BCUT2D eigenvalue weighted by Crippen LogP contribution is -2.43. The first kappa shape index (κ1) is 42.3. The van der Waals surface area contributed by atoms with Gasteiger partial charge in [0.1, 0.15) is 17.0 Å². The van der Waals surface area contributed by atoms with Crippen molar-refractivity contribution in [1.29, 1.82) is 0 Å². The van der Waals surface area contributed by atoms with Crippen molar-refractivity contribution >= 4 is 32.0 Å². The van der Waals surface area contributed by atoms with Crippen LogP contribution < -0.4 is 15.0 Å². The highest BCUT2D eigenvalue weighted by Gasteiger charge is 2.42. The predicted octanol–water partition coefficient (Wildman–Crippen LogP) is 10.2. The van der Waals surface area contributed by atoms with Gasteiger partial charge in [0.15, 0.2) is 8.32 Å². The Morgan fingerprint density at radius 2 is 1.57 bits per heavy atom. The van der Waals surface area contributed by atoms with Gasteiger partial charge in [-0.3, -0.25) is 0 Å². The van der Waals surface area contributed by atoms with E-state index in [1.54, 1.807) is 23.2 Å². The van der Waals surface area contributed by atoms with Gasteiger partial charge >= 0.3 is 12.2 Å². The molecule has 51 heavy (non-hydrogen) atoms. The second-order valence-electron chi connectivity index (χ2n) is 18.7. The number of hydrogen-bond acceptors (Lipinski definition) is 8. The maximum absolute atomic E-state index is 14.1. The fourth-order valence-corrected chi connectivity index (χ4v) is 7.12. The minimum absolute atomic E-state index is 0.103. The Balaban J connectivity index is 1.89. The van der Waals surface area contributed by atoms with Crippen LogP contribution in [-0.2, 0) is 19.4 Å². The number of aromatic nitrogens is 3. The number of ether oxygens (including phenoxy) is 3. The van der Waals surface area contributed by atoms with Crippen molar-refractivity contribution in [1.82, 2.24) is 20.1 Å². The molecule has 1 saturated carbocycles. The zero-order chi connectivity index (χ0) is 38.7. The van der Waals surface area contributed by atoms with Crippen LogP contribution in [0.5, 0.6) is 5.88 Å². The van der Waals surface area contributed by atoms with Crippen LogP contribution in [0, 0.1) is 0 Å². The molecule has 0 saturated heterocycles. The van der Waals surface area contributed by atoms with Crippen LogP contribution in [0.1, 0.15) is 141 Å². The molecule has 1 N–H and O–H groups in total. The molecule has 0 aromatic carbocycles. The van der Waals surface area contributed by atoms with Crippen molar-refractivity contribution in [3.63, 3.8) is 0 Å². The molecule has 288 valence electrons. The third kappa shape index (κ3) is 12.5. The zero-order valence-corrected chi connectivity index (χ0v) is 35.4. The summed E-state index contributed by atoms with van der Waals surface area (Å²) in [6.07, 6.45) is 4.88. The second-order valence-corrected chi connectivity index (χ2v) is 23.5. The highest BCUT2D eigenvalue weighted by molar-refractivity contribution is 6.74. The molecular weight excluding hydrogens is 663 g/mol. The molecule has 0 spiro atoms. The van der Waals surface area contributed by atoms with Crippen molar-refractivity contribution < 1.29 is 28.2 Å². The number of nitrogens with one attached hydrogen (secondary N) is 1. The topological polar surface area (TPSA) is 117 Å². The van der Waals surface area contributed by atoms with E-state index in [0.29, 0.717) is 30.2 Å². The number of alkyl carbamates (subject to hydrolysis) is 1. The molecule has 1 aliphatic carbocycles. The Bertz CT molecular complexity index is 1480. The summed E-state index contributed by atoms with van der Waals surface area (Å²) in [5.74, 6) is 1.21. The van der Waals surface area contributed by atoms with E-state index in [1.807, 2.05) is 66.1 Å². The Labute approximate surface area is 308 Å². The molecule has 2 aromatic heterocycles. The van der Waals surface area contributed by atoms with Gasteiger partial charge in [-0.05, 0) is 132 Å². The molecule has 0 radical (unpaired) electrons. The fourth-order valence-electron chi connectivity index (χ4n) is 5.72. The van der Waals surface area contributed by atoms with Gasteiger partial charge < -0.3 is 24.0 Å².